The van der Waals surface area contributed by atoms with Crippen LogP contribution in [0.2, 0.25) is 0 Å². The fraction of sp³-hybridized carbons (Fsp3) is 0.500. The first-order chi connectivity index (χ1) is 6.65. The second-order valence-corrected chi connectivity index (χ2v) is 4.75. The van der Waals surface area contributed by atoms with Gasteiger partial charge in [0.25, 0.3) is 0 Å². The van der Waals surface area contributed by atoms with Crippen molar-refractivity contribution < 1.29 is 5.21 Å². The van der Waals surface area contributed by atoms with E-state index in [-0.39, 0.29) is 11.5 Å². The zero-order chi connectivity index (χ0) is 10.2. The van der Waals surface area contributed by atoms with Gasteiger partial charge < -0.3 is 5.21 Å². The van der Waals surface area contributed by atoms with E-state index in [1.165, 1.54) is 11.1 Å². The second-order valence-electron chi connectivity index (χ2n) is 4.75. The van der Waals surface area contributed by atoms with Gasteiger partial charge in [-0.2, -0.15) is 5.48 Å². The summed E-state index contributed by atoms with van der Waals surface area (Å²) < 4.78 is 0. The van der Waals surface area contributed by atoms with E-state index in [1.54, 1.807) is 0 Å². The van der Waals surface area contributed by atoms with Gasteiger partial charge in [0.05, 0.1) is 6.04 Å². The summed E-state index contributed by atoms with van der Waals surface area (Å²) in [5.74, 6) is 0. The molecule has 0 spiro atoms. The Morgan fingerprint density at radius 3 is 2.79 bits per heavy atom. The van der Waals surface area contributed by atoms with Crippen LogP contribution in [0, 0.1) is 5.41 Å². The largest absolute Gasteiger partial charge is 0.316 e. The summed E-state index contributed by atoms with van der Waals surface area (Å²) in [6, 6.07) is 8.40. The number of hydrogen-bond donors (Lipinski definition) is 2. The summed E-state index contributed by atoms with van der Waals surface area (Å²) in [6.45, 7) is 4.38. The molecule has 0 aromatic heterocycles. The zero-order valence-corrected chi connectivity index (χ0v) is 8.75. The van der Waals surface area contributed by atoms with Gasteiger partial charge in [-0.15, -0.1) is 0 Å². The highest BCUT2D eigenvalue weighted by Gasteiger charge is 2.35. The number of fused-ring (bicyclic) bond motifs is 1. The molecule has 2 rings (SSSR count). The van der Waals surface area contributed by atoms with Crippen LogP contribution >= 0.6 is 0 Å². The quantitative estimate of drug-likeness (QED) is 0.669. The van der Waals surface area contributed by atoms with Crippen LogP contribution in [0.3, 0.4) is 0 Å². The van der Waals surface area contributed by atoms with Crippen molar-refractivity contribution in [2.75, 3.05) is 0 Å². The van der Waals surface area contributed by atoms with E-state index in [9.17, 15) is 5.21 Å². The van der Waals surface area contributed by atoms with E-state index >= 15 is 0 Å². The minimum absolute atomic E-state index is 0.0625. The Kier molecular flexibility index (Phi) is 2.33. The van der Waals surface area contributed by atoms with Crippen molar-refractivity contribution in [2.24, 2.45) is 5.41 Å². The molecular weight excluding hydrogens is 174 g/mol. The third-order valence-electron chi connectivity index (χ3n) is 3.32. The molecule has 0 radical (unpaired) electrons. The minimum atomic E-state index is 0.0625. The zero-order valence-electron chi connectivity index (χ0n) is 8.75. The van der Waals surface area contributed by atoms with Crippen molar-refractivity contribution in [3.63, 3.8) is 0 Å². The molecule has 1 atom stereocenters. The third kappa shape index (κ3) is 1.45. The third-order valence-corrected chi connectivity index (χ3v) is 3.32. The molecule has 2 nitrogen and oxygen atoms in total. The summed E-state index contributed by atoms with van der Waals surface area (Å²) >= 11 is 0. The summed E-state index contributed by atoms with van der Waals surface area (Å²) in [7, 11) is 0. The molecule has 76 valence electrons. The second kappa shape index (κ2) is 3.37. The van der Waals surface area contributed by atoms with Crippen molar-refractivity contribution in [2.45, 2.75) is 32.7 Å². The average Bonchev–Trinajstić information content (AvgIpc) is 2.17. The maximum absolute atomic E-state index is 9.22. The molecule has 1 aliphatic rings. The lowest BCUT2D eigenvalue weighted by Gasteiger charge is -2.39. The minimum Gasteiger partial charge on any atom is -0.316 e. The molecule has 0 heterocycles. The monoisotopic (exact) mass is 191 g/mol. The van der Waals surface area contributed by atoms with Crippen LogP contribution in [-0.4, -0.2) is 5.21 Å². The molecule has 0 fully saturated rings. The van der Waals surface area contributed by atoms with Crippen LogP contribution in [0.5, 0.6) is 0 Å². The van der Waals surface area contributed by atoms with E-state index in [2.05, 4.69) is 37.5 Å². The van der Waals surface area contributed by atoms with E-state index in [4.69, 9.17) is 0 Å². The number of benzene rings is 1. The molecule has 1 aromatic carbocycles. The summed E-state index contributed by atoms with van der Waals surface area (Å²) in [6.07, 6.45) is 2.23. The van der Waals surface area contributed by atoms with Crippen molar-refractivity contribution in [1.82, 2.24) is 5.48 Å². The van der Waals surface area contributed by atoms with E-state index in [0.717, 1.165) is 12.8 Å². The fourth-order valence-corrected chi connectivity index (χ4v) is 2.31. The lowest BCUT2D eigenvalue weighted by Crippen LogP contribution is -2.36. The predicted molar refractivity (Wildman–Crippen MR) is 56.2 cm³/mol. The van der Waals surface area contributed by atoms with E-state index in [1.807, 2.05) is 6.07 Å². The van der Waals surface area contributed by atoms with Crippen molar-refractivity contribution >= 4 is 0 Å². The van der Waals surface area contributed by atoms with Crippen LogP contribution in [-0.2, 0) is 6.42 Å². The van der Waals surface area contributed by atoms with Gasteiger partial charge in [0.15, 0.2) is 0 Å². The topological polar surface area (TPSA) is 32.3 Å². The van der Waals surface area contributed by atoms with Crippen LogP contribution in [0.25, 0.3) is 0 Å². The maximum atomic E-state index is 9.22. The van der Waals surface area contributed by atoms with E-state index in [0.29, 0.717) is 0 Å². The molecular formula is C12H17NO. The molecule has 0 bridgehead atoms. The highest BCUT2D eigenvalue weighted by Crippen LogP contribution is 2.42. The van der Waals surface area contributed by atoms with Crippen molar-refractivity contribution in [3.8, 4) is 0 Å². The Balaban J connectivity index is 2.45. The highest BCUT2D eigenvalue weighted by atomic mass is 16.5. The number of rotatable bonds is 1. The predicted octanol–water partition coefficient (Wildman–Crippen LogP) is 2.68. The first-order valence-electron chi connectivity index (χ1n) is 5.12. The van der Waals surface area contributed by atoms with Crippen molar-refractivity contribution in [1.29, 1.82) is 0 Å². The van der Waals surface area contributed by atoms with Gasteiger partial charge in [-0.1, -0.05) is 38.1 Å². The van der Waals surface area contributed by atoms with Gasteiger partial charge in [-0.05, 0) is 29.4 Å². The van der Waals surface area contributed by atoms with Gasteiger partial charge >= 0.3 is 0 Å². The van der Waals surface area contributed by atoms with Gasteiger partial charge in [0, 0.05) is 0 Å². The smallest absolute Gasteiger partial charge is 0.0622 e. The molecule has 0 saturated heterocycles. The molecule has 0 amide bonds. The molecule has 2 heteroatoms. The van der Waals surface area contributed by atoms with E-state index < -0.39 is 0 Å². The van der Waals surface area contributed by atoms with Gasteiger partial charge in [-0.25, -0.2) is 0 Å². The molecule has 2 N–H and O–H groups in total. The molecule has 14 heavy (non-hydrogen) atoms. The first kappa shape index (κ1) is 9.69. The molecule has 1 aromatic rings. The molecule has 1 aliphatic carbocycles. The Morgan fingerprint density at radius 1 is 1.36 bits per heavy atom. The maximum Gasteiger partial charge on any atom is 0.0622 e. The lowest BCUT2D eigenvalue weighted by atomic mass is 9.71. The van der Waals surface area contributed by atoms with Crippen LogP contribution in [0.4, 0.5) is 0 Å². The lowest BCUT2D eigenvalue weighted by molar-refractivity contribution is 0.0533. The SMILES string of the molecule is CC1(C)CCc2ccccc2C1NO. The summed E-state index contributed by atoms with van der Waals surface area (Å²) in [4.78, 5) is 0. The van der Waals surface area contributed by atoms with Gasteiger partial charge in [0.2, 0.25) is 0 Å². The number of hydroxylamine groups is 1. The Morgan fingerprint density at radius 2 is 2.07 bits per heavy atom. The van der Waals surface area contributed by atoms with Crippen LogP contribution in [0.1, 0.15) is 37.4 Å². The Hall–Kier alpha value is -0.860. The number of nitrogens with one attached hydrogen (secondary N) is 1. The van der Waals surface area contributed by atoms with Crippen LogP contribution in [0.15, 0.2) is 24.3 Å². The van der Waals surface area contributed by atoms with Crippen molar-refractivity contribution in [3.05, 3.63) is 35.4 Å². The van der Waals surface area contributed by atoms with Crippen LogP contribution < -0.4 is 5.48 Å². The standard InChI is InChI=1S/C12H17NO/c1-12(2)8-7-9-5-3-4-6-10(9)11(12)13-14/h3-6,11,13-14H,7-8H2,1-2H3. The first-order valence-corrected chi connectivity index (χ1v) is 5.12. The normalized spacial score (nSPS) is 24.4. The number of aryl methyl sites for hydroxylation is 1. The average molecular weight is 191 g/mol. The summed E-state index contributed by atoms with van der Waals surface area (Å²) in [5, 5.41) is 9.22. The molecule has 0 aliphatic heterocycles. The Labute approximate surface area is 84.9 Å². The molecule has 1 unspecified atom stereocenters. The van der Waals surface area contributed by atoms with Gasteiger partial charge in [-0.3, -0.25) is 0 Å². The summed E-state index contributed by atoms with van der Waals surface area (Å²) in [5.41, 5.74) is 5.18. The number of hydrogen-bond acceptors (Lipinski definition) is 2. The molecule has 0 saturated carbocycles. The Bertz CT molecular complexity index is 333. The fourth-order valence-electron chi connectivity index (χ4n) is 2.31. The highest BCUT2D eigenvalue weighted by molar-refractivity contribution is 5.33. The van der Waals surface area contributed by atoms with Gasteiger partial charge in [0.1, 0.15) is 0 Å².